The summed E-state index contributed by atoms with van der Waals surface area (Å²) in [6.07, 6.45) is 0. The number of hydrogen-bond acceptors (Lipinski definition) is 4. The van der Waals surface area contributed by atoms with Crippen LogP contribution in [0, 0.1) is 0 Å². The van der Waals surface area contributed by atoms with Crippen LogP contribution in [0.5, 0.6) is 11.5 Å². The summed E-state index contributed by atoms with van der Waals surface area (Å²) in [5.41, 5.74) is 2.31. The van der Waals surface area contributed by atoms with E-state index in [-0.39, 0.29) is 11.0 Å². The molecule has 29 heavy (non-hydrogen) atoms. The molecule has 0 aromatic heterocycles. The molecule has 0 saturated carbocycles. The Balaban J connectivity index is 1.54. The van der Waals surface area contributed by atoms with Crippen LogP contribution in [0.2, 0.25) is 0 Å². The van der Waals surface area contributed by atoms with Gasteiger partial charge in [-0.15, -0.1) is 0 Å². The molecule has 0 aliphatic carbocycles. The smallest absolute Gasteiger partial charge is 0.257 e. The van der Waals surface area contributed by atoms with Crippen molar-refractivity contribution in [1.82, 2.24) is 5.32 Å². The fraction of sp³-hybridized carbons (Fsp3) is 0.130. The van der Waals surface area contributed by atoms with Crippen molar-refractivity contribution in [3.05, 3.63) is 90.0 Å². The van der Waals surface area contributed by atoms with Crippen LogP contribution >= 0.6 is 12.2 Å². The summed E-state index contributed by atoms with van der Waals surface area (Å²) in [5, 5.41) is 5.89. The van der Waals surface area contributed by atoms with Crippen LogP contribution in [-0.2, 0) is 6.61 Å². The molecule has 0 saturated heterocycles. The average Bonchev–Trinajstić information content (AvgIpc) is 2.74. The summed E-state index contributed by atoms with van der Waals surface area (Å²) >= 11 is 5.26. The molecule has 0 atom stereocenters. The molecule has 3 aromatic carbocycles. The normalized spacial score (nSPS) is 10.1. The number of benzene rings is 3. The molecule has 2 N–H and O–H groups in total. The third-order valence-corrected chi connectivity index (χ3v) is 4.20. The van der Waals surface area contributed by atoms with Gasteiger partial charge in [-0.05, 0) is 61.1 Å². The first-order chi connectivity index (χ1) is 14.1. The number of nitrogens with one attached hydrogen (secondary N) is 2. The monoisotopic (exact) mass is 406 g/mol. The lowest BCUT2D eigenvalue weighted by Gasteiger charge is -2.12. The van der Waals surface area contributed by atoms with E-state index in [1.165, 1.54) is 0 Å². The van der Waals surface area contributed by atoms with Gasteiger partial charge >= 0.3 is 0 Å². The first-order valence-electron chi connectivity index (χ1n) is 9.26. The zero-order valence-electron chi connectivity index (χ0n) is 16.1. The van der Waals surface area contributed by atoms with Gasteiger partial charge in [-0.1, -0.05) is 36.4 Å². The van der Waals surface area contributed by atoms with Crippen LogP contribution in [0.25, 0.3) is 0 Å². The first kappa shape index (κ1) is 20.4. The second-order valence-electron chi connectivity index (χ2n) is 6.17. The molecule has 0 fully saturated rings. The number of anilines is 1. The standard InChI is InChI=1S/C23H22N2O3S/c1-2-27-20-13-11-18(12-14-20)22(26)25-23(29)24-19-9-6-10-21(15-19)28-16-17-7-4-3-5-8-17/h3-15H,2,16H2,1H3,(H2,24,25,26,29). The summed E-state index contributed by atoms with van der Waals surface area (Å²) in [6.45, 7) is 2.96. The van der Waals surface area contributed by atoms with Crippen LogP contribution in [0.3, 0.4) is 0 Å². The van der Waals surface area contributed by atoms with Gasteiger partial charge in [0.05, 0.1) is 6.61 Å². The molecule has 0 bridgehead atoms. The van der Waals surface area contributed by atoms with Crippen molar-refractivity contribution in [2.75, 3.05) is 11.9 Å². The molecule has 3 rings (SSSR count). The number of ether oxygens (including phenoxy) is 2. The highest BCUT2D eigenvalue weighted by atomic mass is 32.1. The molecular formula is C23H22N2O3S. The maximum Gasteiger partial charge on any atom is 0.257 e. The minimum atomic E-state index is -0.290. The first-order valence-corrected chi connectivity index (χ1v) is 9.67. The molecule has 0 heterocycles. The quantitative estimate of drug-likeness (QED) is 0.553. The van der Waals surface area contributed by atoms with Gasteiger partial charge in [0.25, 0.3) is 5.91 Å². The topological polar surface area (TPSA) is 59.6 Å². The summed E-state index contributed by atoms with van der Waals surface area (Å²) < 4.78 is 11.2. The van der Waals surface area contributed by atoms with Gasteiger partial charge < -0.3 is 14.8 Å². The van der Waals surface area contributed by atoms with E-state index in [1.807, 2.05) is 61.5 Å². The van der Waals surface area contributed by atoms with Gasteiger partial charge in [0, 0.05) is 17.3 Å². The molecular weight excluding hydrogens is 384 g/mol. The lowest BCUT2D eigenvalue weighted by molar-refractivity contribution is 0.0977. The molecule has 0 unspecified atom stereocenters. The Kier molecular flexibility index (Phi) is 7.19. The Morgan fingerprint density at radius 1 is 0.897 bits per heavy atom. The number of hydrogen-bond donors (Lipinski definition) is 2. The Morgan fingerprint density at radius 2 is 1.66 bits per heavy atom. The van der Waals surface area contributed by atoms with Crippen LogP contribution in [0.15, 0.2) is 78.9 Å². The number of thiocarbonyl (C=S) groups is 1. The molecule has 0 aliphatic heterocycles. The number of carbonyl (C=O) groups excluding carboxylic acids is 1. The van der Waals surface area contributed by atoms with Crippen molar-refractivity contribution >= 4 is 28.9 Å². The zero-order valence-corrected chi connectivity index (χ0v) is 16.9. The SMILES string of the molecule is CCOc1ccc(C(=O)NC(=S)Nc2cccc(OCc3ccccc3)c2)cc1. The van der Waals surface area contributed by atoms with E-state index in [0.29, 0.717) is 24.5 Å². The Morgan fingerprint density at radius 3 is 2.38 bits per heavy atom. The number of amides is 1. The molecule has 5 nitrogen and oxygen atoms in total. The predicted molar refractivity (Wildman–Crippen MR) is 119 cm³/mol. The molecule has 0 aliphatic rings. The Labute approximate surface area is 175 Å². The Bertz CT molecular complexity index is 959. The van der Waals surface area contributed by atoms with E-state index in [2.05, 4.69) is 10.6 Å². The van der Waals surface area contributed by atoms with Crippen LogP contribution < -0.4 is 20.1 Å². The van der Waals surface area contributed by atoms with Crippen LogP contribution in [-0.4, -0.2) is 17.6 Å². The van der Waals surface area contributed by atoms with Gasteiger partial charge in [-0.2, -0.15) is 0 Å². The van der Waals surface area contributed by atoms with Crippen molar-refractivity contribution in [2.45, 2.75) is 13.5 Å². The second kappa shape index (κ2) is 10.2. The van der Waals surface area contributed by atoms with Gasteiger partial charge in [0.1, 0.15) is 18.1 Å². The van der Waals surface area contributed by atoms with Crippen molar-refractivity contribution in [3.63, 3.8) is 0 Å². The minimum absolute atomic E-state index is 0.212. The van der Waals surface area contributed by atoms with E-state index >= 15 is 0 Å². The van der Waals surface area contributed by atoms with Crippen molar-refractivity contribution in [1.29, 1.82) is 0 Å². The van der Waals surface area contributed by atoms with Gasteiger partial charge in [0.15, 0.2) is 5.11 Å². The van der Waals surface area contributed by atoms with E-state index in [9.17, 15) is 4.79 Å². The molecule has 1 amide bonds. The highest BCUT2D eigenvalue weighted by molar-refractivity contribution is 7.80. The number of rotatable bonds is 7. The summed E-state index contributed by atoms with van der Waals surface area (Å²) in [7, 11) is 0. The predicted octanol–water partition coefficient (Wildman–Crippen LogP) is 4.79. The Hall–Kier alpha value is -3.38. The lowest BCUT2D eigenvalue weighted by Crippen LogP contribution is -2.34. The summed E-state index contributed by atoms with van der Waals surface area (Å²) in [6, 6.07) is 24.2. The van der Waals surface area contributed by atoms with E-state index < -0.39 is 0 Å². The van der Waals surface area contributed by atoms with Crippen LogP contribution in [0.1, 0.15) is 22.8 Å². The van der Waals surface area contributed by atoms with Gasteiger partial charge in [-0.3, -0.25) is 10.1 Å². The number of carbonyl (C=O) groups is 1. The fourth-order valence-electron chi connectivity index (χ4n) is 2.61. The zero-order chi connectivity index (χ0) is 20.5. The maximum atomic E-state index is 12.3. The highest BCUT2D eigenvalue weighted by Gasteiger charge is 2.09. The molecule has 148 valence electrons. The minimum Gasteiger partial charge on any atom is -0.494 e. The largest absolute Gasteiger partial charge is 0.494 e. The fourth-order valence-corrected chi connectivity index (χ4v) is 2.82. The summed E-state index contributed by atoms with van der Waals surface area (Å²) in [5.74, 6) is 1.14. The third-order valence-electron chi connectivity index (χ3n) is 3.99. The van der Waals surface area contributed by atoms with Crippen molar-refractivity contribution < 1.29 is 14.3 Å². The van der Waals surface area contributed by atoms with Crippen molar-refractivity contribution in [3.8, 4) is 11.5 Å². The second-order valence-corrected chi connectivity index (χ2v) is 6.58. The summed E-state index contributed by atoms with van der Waals surface area (Å²) in [4.78, 5) is 12.3. The molecule has 3 aromatic rings. The molecule has 0 spiro atoms. The van der Waals surface area contributed by atoms with Crippen LogP contribution in [0.4, 0.5) is 5.69 Å². The van der Waals surface area contributed by atoms with E-state index in [4.69, 9.17) is 21.7 Å². The van der Waals surface area contributed by atoms with E-state index in [1.54, 1.807) is 24.3 Å². The van der Waals surface area contributed by atoms with Gasteiger partial charge in [-0.25, -0.2) is 0 Å². The molecule has 6 heteroatoms. The highest BCUT2D eigenvalue weighted by Crippen LogP contribution is 2.19. The van der Waals surface area contributed by atoms with E-state index in [0.717, 1.165) is 17.0 Å². The molecule has 0 radical (unpaired) electrons. The maximum absolute atomic E-state index is 12.3. The third kappa shape index (κ3) is 6.33. The average molecular weight is 407 g/mol. The lowest BCUT2D eigenvalue weighted by atomic mass is 10.2. The van der Waals surface area contributed by atoms with Gasteiger partial charge in [0.2, 0.25) is 0 Å². The van der Waals surface area contributed by atoms with Crippen molar-refractivity contribution in [2.24, 2.45) is 0 Å².